The van der Waals surface area contributed by atoms with Gasteiger partial charge >= 0.3 is 0 Å². The molecule has 0 radical (unpaired) electrons. The van der Waals surface area contributed by atoms with Gasteiger partial charge in [0.2, 0.25) is 11.8 Å². The van der Waals surface area contributed by atoms with E-state index in [2.05, 4.69) is 0 Å². The summed E-state index contributed by atoms with van der Waals surface area (Å²) in [6, 6.07) is 5.62. The fraction of sp³-hybridized carbons (Fsp3) is 0.400. The van der Waals surface area contributed by atoms with Crippen molar-refractivity contribution in [1.29, 1.82) is 0 Å². The lowest BCUT2D eigenvalue weighted by Gasteiger charge is -2.22. The predicted octanol–water partition coefficient (Wildman–Crippen LogP) is 1.66. The van der Waals surface area contributed by atoms with Crippen LogP contribution in [-0.2, 0) is 16.0 Å². The highest BCUT2D eigenvalue weighted by Crippen LogP contribution is 2.26. The van der Waals surface area contributed by atoms with Crippen LogP contribution in [-0.4, -0.2) is 51.7 Å². The topological polar surface area (TPSA) is 57.7 Å². The molecule has 2 saturated heterocycles. The molecular weight excluding hydrogens is 307 g/mol. The molecule has 3 rings (SSSR count). The summed E-state index contributed by atoms with van der Waals surface area (Å²) in [5.74, 6) is -0.381. The predicted molar refractivity (Wildman–Crippen MR) is 79.8 cm³/mol. The first-order chi connectivity index (χ1) is 10.5. The molecule has 1 atom stereocenters. The minimum Gasteiger partial charge on any atom is -0.340 e. The maximum atomic E-state index is 12.9. The Kier molecular flexibility index (Phi) is 4.15. The van der Waals surface area contributed by atoms with E-state index in [1.165, 1.54) is 17.0 Å². The first-order valence-corrected chi connectivity index (χ1v) is 8.04. The Hall–Kier alpha value is -1.89. The Bertz CT molecular complexity index is 604. The van der Waals surface area contributed by atoms with Crippen molar-refractivity contribution in [3.63, 3.8) is 0 Å². The van der Waals surface area contributed by atoms with Gasteiger partial charge in [0.25, 0.3) is 5.24 Å². The van der Waals surface area contributed by atoms with Crippen LogP contribution in [0.3, 0.4) is 0 Å². The number of imide groups is 1. The summed E-state index contributed by atoms with van der Waals surface area (Å²) >= 11 is 1.01. The average Bonchev–Trinajstić information content (AvgIpc) is 3.08. The smallest absolute Gasteiger partial charge is 0.289 e. The monoisotopic (exact) mass is 322 g/mol. The SMILES string of the molecule is O=C(Cc1ccc(F)cc1)N1CC[C@H](N2C(=O)CSC2=O)C1. The molecule has 1 aromatic rings. The Morgan fingerprint density at radius 2 is 2.00 bits per heavy atom. The van der Waals surface area contributed by atoms with E-state index in [4.69, 9.17) is 0 Å². The highest BCUT2D eigenvalue weighted by atomic mass is 32.2. The Morgan fingerprint density at radius 3 is 2.64 bits per heavy atom. The molecule has 22 heavy (non-hydrogen) atoms. The minimum atomic E-state index is -0.332. The van der Waals surface area contributed by atoms with Crippen molar-refractivity contribution < 1.29 is 18.8 Å². The Balaban J connectivity index is 1.60. The number of nitrogens with zero attached hydrogens (tertiary/aromatic N) is 2. The summed E-state index contributed by atoms with van der Waals surface area (Å²) in [6.45, 7) is 0.921. The van der Waals surface area contributed by atoms with Crippen LogP contribution in [0, 0.1) is 5.82 Å². The third kappa shape index (κ3) is 2.99. The number of carbonyl (C=O) groups excluding carboxylic acids is 3. The van der Waals surface area contributed by atoms with Crippen molar-refractivity contribution in [1.82, 2.24) is 9.80 Å². The molecule has 0 saturated carbocycles. The third-order valence-corrected chi connectivity index (χ3v) is 4.77. The van der Waals surface area contributed by atoms with Crippen molar-refractivity contribution in [2.45, 2.75) is 18.9 Å². The lowest BCUT2D eigenvalue weighted by Crippen LogP contribution is -2.41. The normalized spacial score (nSPS) is 21.8. The minimum absolute atomic E-state index is 0.0687. The van der Waals surface area contributed by atoms with Gasteiger partial charge in [0, 0.05) is 13.1 Å². The number of likely N-dealkylation sites (tertiary alicyclic amines) is 1. The molecule has 2 fully saturated rings. The second-order valence-corrected chi connectivity index (χ2v) is 6.33. The maximum absolute atomic E-state index is 12.9. The van der Waals surface area contributed by atoms with Crippen molar-refractivity contribution in [2.24, 2.45) is 0 Å². The Labute approximate surface area is 131 Å². The van der Waals surface area contributed by atoms with E-state index in [-0.39, 0.29) is 41.1 Å². The van der Waals surface area contributed by atoms with Crippen molar-refractivity contribution in [2.75, 3.05) is 18.8 Å². The summed E-state index contributed by atoms with van der Waals surface area (Å²) in [5, 5.41) is -0.220. The van der Waals surface area contributed by atoms with Gasteiger partial charge < -0.3 is 4.90 Å². The highest BCUT2D eigenvalue weighted by molar-refractivity contribution is 8.14. The van der Waals surface area contributed by atoms with Crippen LogP contribution in [0.15, 0.2) is 24.3 Å². The zero-order chi connectivity index (χ0) is 15.7. The van der Waals surface area contributed by atoms with E-state index in [9.17, 15) is 18.8 Å². The van der Waals surface area contributed by atoms with E-state index < -0.39 is 0 Å². The van der Waals surface area contributed by atoms with Gasteiger partial charge in [-0.3, -0.25) is 19.3 Å². The van der Waals surface area contributed by atoms with Gasteiger partial charge in [0.05, 0.1) is 18.2 Å². The number of carbonyl (C=O) groups is 3. The number of halogens is 1. The zero-order valence-electron chi connectivity index (χ0n) is 11.8. The van der Waals surface area contributed by atoms with E-state index in [1.807, 2.05) is 0 Å². The van der Waals surface area contributed by atoms with E-state index in [0.717, 1.165) is 17.3 Å². The van der Waals surface area contributed by atoms with Gasteiger partial charge in [-0.25, -0.2) is 4.39 Å². The van der Waals surface area contributed by atoms with Gasteiger partial charge in [-0.15, -0.1) is 0 Å². The lowest BCUT2D eigenvalue weighted by atomic mass is 10.1. The van der Waals surface area contributed by atoms with Crippen LogP contribution < -0.4 is 0 Å². The van der Waals surface area contributed by atoms with Gasteiger partial charge in [0.1, 0.15) is 5.82 Å². The highest BCUT2D eigenvalue weighted by Gasteiger charge is 2.40. The zero-order valence-corrected chi connectivity index (χ0v) is 12.6. The van der Waals surface area contributed by atoms with E-state index in [1.54, 1.807) is 17.0 Å². The molecule has 7 heteroatoms. The molecule has 0 aliphatic carbocycles. The van der Waals surface area contributed by atoms with Crippen molar-refractivity contribution >= 4 is 28.8 Å². The van der Waals surface area contributed by atoms with Crippen LogP contribution in [0.5, 0.6) is 0 Å². The van der Waals surface area contributed by atoms with E-state index >= 15 is 0 Å². The van der Waals surface area contributed by atoms with Gasteiger partial charge in [-0.2, -0.15) is 0 Å². The summed E-state index contributed by atoms with van der Waals surface area (Å²) < 4.78 is 12.9. The molecular formula is C15H15FN2O3S. The molecule has 0 bridgehead atoms. The van der Waals surface area contributed by atoms with Gasteiger partial charge in [-0.05, 0) is 24.1 Å². The van der Waals surface area contributed by atoms with Crippen LogP contribution in [0.25, 0.3) is 0 Å². The molecule has 0 spiro atoms. The second-order valence-electron chi connectivity index (χ2n) is 5.40. The van der Waals surface area contributed by atoms with Crippen LogP contribution >= 0.6 is 11.8 Å². The van der Waals surface area contributed by atoms with Crippen molar-refractivity contribution in [3.05, 3.63) is 35.6 Å². The van der Waals surface area contributed by atoms with Gasteiger partial charge in [0.15, 0.2) is 0 Å². The third-order valence-electron chi connectivity index (χ3n) is 3.93. The number of hydrogen-bond donors (Lipinski definition) is 0. The molecule has 0 unspecified atom stereocenters. The number of amides is 3. The van der Waals surface area contributed by atoms with Crippen LogP contribution in [0.1, 0.15) is 12.0 Å². The average molecular weight is 322 g/mol. The molecule has 2 aliphatic heterocycles. The second kappa shape index (κ2) is 6.08. The number of thioether (sulfide) groups is 1. The number of hydrogen-bond acceptors (Lipinski definition) is 4. The van der Waals surface area contributed by atoms with E-state index in [0.29, 0.717) is 19.5 Å². The first-order valence-electron chi connectivity index (χ1n) is 7.05. The summed E-state index contributed by atoms with van der Waals surface area (Å²) in [7, 11) is 0. The maximum Gasteiger partial charge on any atom is 0.289 e. The first kappa shape index (κ1) is 15.0. The fourth-order valence-corrected chi connectivity index (χ4v) is 3.56. The summed E-state index contributed by atoms with van der Waals surface area (Å²) in [5.41, 5.74) is 0.749. The quantitative estimate of drug-likeness (QED) is 0.849. The Morgan fingerprint density at radius 1 is 1.27 bits per heavy atom. The number of benzene rings is 1. The molecule has 0 aromatic heterocycles. The molecule has 3 amide bonds. The molecule has 5 nitrogen and oxygen atoms in total. The lowest BCUT2D eigenvalue weighted by molar-refractivity contribution is -0.131. The van der Waals surface area contributed by atoms with Crippen LogP contribution in [0.4, 0.5) is 9.18 Å². The molecule has 2 aliphatic rings. The largest absolute Gasteiger partial charge is 0.340 e. The summed E-state index contributed by atoms with van der Waals surface area (Å²) in [4.78, 5) is 38.6. The fourth-order valence-electron chi connectivity index (χ4n) is 2.78. The van der Waals surface area contributed by atoms with Crippen LogP contribution in [0.2, 0.25) is 0 Å². The number of rotatable bonds is 3. The molecule has 0 N–H and O–H groups in total. The van der Waals surface area contributed by atoms with Crippen molar-refractivity contribution in [3.8, 4) is 0 Å². The molecule has 2 heterocycles. The van der Waals surface area contributed by atoms with Gasteiger partial charge in [-0.1, -0.05) is 23.9 Å². The standard InChI is InChI=1S/C15H15FN2O3S/c16-11-3-1-10(2-4-11)7-13(19)17-6-5-12(8-17)18-14(20)9-22-15(18)21/h1-4,12H,5-9H2/t12-/m0/s1. The molecule has 116 valence electrons. The molecule has 1 aromatic carbocycles. The summed E-state index contributed by atoms with van der Waals surface area (Å²) in [6.07, 6.45) is 0.816.